The highest BCUT2D eigenvalue weighted by Crippen LogP contribution is 2.29. The largest absolute Gasteiger partial charge is 0.497 e. The van der Waals surface area contributed by atoms with Crippen LogP contribution >= 0.6 is 0 Å². The molecule has 0 N–H and O–H groups in total. The number of ether oxygens (including phenoxy) is 2. The van der Waals surface area contributed by atoms with Gasteiger partial charge in [0.1, 0.15) is 11.5 Å². The molecule has 27 heavy (non-hydrogen) atoms. The van der Waals surface area contributed by atoms with Crippen LogP contribution in [0.5, 0.6) is 11.5 Å². The van der Waals surface area contributed by atoms with Crippen LogP contribution in [0.4, 0.5) is 0 Å². The zero-order valence-corrected chi connectivity index (χ0v) is 15.1. The van der Waals surface area contributed by atoms with Crippen molar-refractivity contribution in [2.75, 3.05) is 14.2 Å². The topological polar surface area (TPSA) is 88.1 Å². The number of methoxy groups -OCH3 is 2. The van der Waals surface area contributed by atoms with Crippen LogP contribution in [0.15, 0.2) is 53.2 Å². The van der Waals surface area contributed by atoms with E-state index in [0.29, 0.717) is 34.5 Å². The summed E-state index contributed by atoms with van der Waals surface area (Å²) in [5.41, 5.74) is 3.28. The zero-order chi connectivity index (χ0) is 18.8. The van der Waals surface area contributed by atoms with Crippen LogP contribution in [0.2, 0.25) is 0 Å². The smallest absolute Gasteiger partial charge is 0.258 e. The van der Waals surface area contributed by atoms with Crippen LogP contribution < -0.4 is 9.47 Å². The van der Waals surface area contributed by atoms with Crippen molar-refractivity contribution in [1.29, 1.82) is 0 Å². The Morgan fingerprint density at radius 3 is 2.33 bits per heavy atom. The lowest BCUT2D eigenvalue weighted by Gasteiger charge is -2.05. The summed E-state index contributed by atoms with van der Waals surface area (Å²) in [4.78, 5) is 4.42. The van der Waals surface area contributed by atoms with E-state index in [-0.39, 0.29) is 0 Å². The monoisotopic (exact) mass is 363 g/mol. The van der Waals surface area contributed by atoms with E-state index < -0.39 is 0 Å². The minimum atomic E-state index is 0.340. The summed E-state index contributed by atoms with van der Waals surface area (Å²) in [5.74, 6) is 1.96. The fraction of sp³-hybridized carbons (Fsp3) is 0.158. The molecule has 0 atom stereocenters. The SMILES string of the molecule is COc1cc(OC)cc(-c2nc(-c3cn(-c4ccc(C)cc4)nn3)no2)c1. The van der Waals surface area contributed by atoms with E-state index in [1.807, 2.05) is 31.2 Å². The van der Waals surface area contributed by atoms with Gasteiger partial charge in [-0.25, -0.2) is 4.68 Å². The van der Waals surface area contributed by atoms with Gasteiger partial charge >= 0.3 is 0 Å². The van der Waals surface area contributed by atoms with Gasteiger partial charge in [0.15, 0.2) is 5.69 Å². The first kappa shape index (κ1) is 16.8. The van der Waals surface area contributed by atoms with Gasteiger partial charge in [0.05, 0.1) is 26.1 Å². The van der Waals surface area contributed by atoms with E-state index in [2.05, 4.69) is 20.5 Å². The second-order valence-corrected chi connectivity index (χ2v) is 5.91. The lowest BCUT2D eigenvalue weighted by molar-refractivity contribution is 0.393. The van der Waals surface area contributed by atoms with E-state index in [1.165, 1.54) is 5.56 Å². The van der Waals surface area contributed by atoms with E-state index in [9.17, 15) is 0 Å². The molecule has 0 aliphatic rings. The van der Waals surface area contributed by atoms with Gasteiger partial charge in [-0.2, -0.15) is 4.98 Å². The van der Waals surface area contributed by atoms with E-state index in [0.717, 1.165) is 5.69 Å². The van der Waals surface area contributed by atoms with Gasteiger partial charge in [-0.15, -0.1) is 5.10 Å². The molecular formula is C19H17N5O3. The first-order chi connectivity index (χ1) is 13.2. The van der Waals surface area contributed by atoms with Crippen LogP contribution in [0.1, 0.15) is 5.56 Å². The maximum Gasteiger partial charge on any atom is 0.258 e. The average Bonchev–Trinajstić information content (AvgIpc) is 3.37. The third kappa shape index (κ3) is 3.37. The van der Waals surface area contributed by atoms with Crippen molar-refractivity contribution in [2.45, 2.75) is 6.92 Å². The van der Waals surface area contributed by atoms with Crippen molar-refractivity contribution >= 4 is 0 Å². The van der Waals surface area contributed by atoms with Gasteiger partial charge in [0.25, 0.3) is 5.89 Å². The van der Waals surface area contributed by atoms with Crippen LogP contribution in [-0.4, -0.2) is 39.4 Å². The molecule has 2 aromatic carbocycles. The molecule has 8 heteroatoms. The Bertz CT molecular complexity index is 1050. The number of benzene rings is 2. The number of hydrogen-bond acceptors (Lipinski definition) is 7. The van der Waals surface area contributed by atoms with Gasteiger partial charge in [-0.3, -0.25) is 0 Å². The standard InChI is InChI=1S/C19H17N5O3/c1-12-4-6-14(7-5-12)24-11-17(21-23-24)18-20-19(27-22-18)13-8-15(25-2)10-16(9-13)26-3/h4-11H,1-3H3. The average molecular weight is 363 g/mol. The molecule has 0 amide bonds. The number of hydrogen-bond donors (Lipinski definition) is 0. The summed E-state index contributed by atoms with van der Waals surface area (Å²) in [6, 6.07) is 13.3. The Hall–Kier alpha value is -3.68. The summed E-state index contributed by atoms with van der Waals surface area (Å²) >= 11 is 0. The molecule has 0 aliphatic heterocycles. The van der Waals surface area contributed by atoms with Gasteiger partial charge < -0.3 is 14.0 Å². The van der Waals surface area contributed by atoms with Gasteiger partial charge in [-0.05, 0) is 31.2 Å². The minimum Gasteiger partial charge on any atom is -0.497 e. The quantitative estimate of drug-likeness (QED) is 0.537. The molecule has 0 aliphatic carbocycles. The van der Waals surface area contributed by atoms with Gasteiger partial charge in [-0.1, -0.05) is 28.1 Å². The molecule has 2 heterocycles. The van der Waals surface area contributed by atoms with E-state index in [1.54, 1.807) is 43.3 Å². The molecule has 0 spiro atoms. The minimum absolute atomic E-state index is 0.340. The Balaban J connectivity index is 1.64. The second kappa shape index (κ2) is 6.91. The highest BCUT2D eigenvalue weighted by atomic mass is 16.5. The third-order valence-corrected chi connectivity index (χ3v) is 4.05. The van der Waals surface area contributed by atoms with Crippen molar-refractivity contribution in [3.05, 3.63) is 54.2 Å². The fourth-order valence-electron chi connectivity index (χ4n) is 2.57. The molecule has 0 radical (unpaired) electrons. The number of rotatable bonds is 5. The van der Waals surface area contributed by atoms with Crippen molar-refractivity contribution in [2.24, 2.45) is 0 Å². The molecule has 136 valence electrons. The summed E-state index contributed by atoms with van der Waals surface area (Å²) in [5, 5.41) is 12.3. The first-order valence-electron chi connectivity index (χ1n) is 8.23. The number of aryl methyl sites for hydroxylation is 1. The van der Waals surface area contributed by atoms with Crippen molar-refractivity contribution in [3.63, 3.8) is 0 Å². The molecule has 0 fully saturated rings. The van der Waals surface area contributed by atoms with Crippen molar-refractivity contribution in [3.8, 4) is 40.2 Å². The molecule has 8 nitrogen and oxygen atoms in total. The van der Waals surface area contributed by atoms with Gasteiger partial charge in [0, 0.05) is 11.6 Å². The first-order valence-corrected chi connectivity index (χ1v) is 8.23. The van der Waals surface area contributed by atoms with Gasteiger partial charge in [0.2, 0.25) is 5.82 Å². The molecule has 2 aromatic heterocycles. The maximum atomic E-state index is 5.39. The Labute approximate surface area is 155 Å². The molecule has 0 bridgehead atoms. The van der Waals surface area contributed by atoms with Crippen molar-refractivity contribution in [1.82, 2.24) is 25.1 Å². The fourth-order valence-corrected chi connectivity index (χ4v) is 2.57. The zero-order valence-electron chi connectivity index (χ0n) is 15.1. The van der Waals surface area contributed by atoms with E-state index >= 15 is 0 Å². The number of nitrogens with zero attached hydrogens (tertiary/aromatic N) is 5. The predicted octanol–water partition coefficient (Wildman–Crippen LogP) is 3.31. The van der Waals surface area contributed by atoms with E-state index in [4.69, 9.17) is 14.0 Å². The maximum absolute atomic E-state index is 5.39. The molecule has 4 rings (SSSR count). The lowest BCUT2D eigenvalue weighted by atomic mass is 10.2. The molecule has 0 unspecified atom stereocenters. The summed E-state index contributed by atoms with van der Waals surface area (Å²) in [7, 11) is 3.17. The number of aromatic nitrogens is 5. The molecule has 0 saturated carbocycles. The highest BCUT2D eigenvalue weighted by Gasteiger charge is 2.16. The molecule has 0 saturated heterocycles. The summed E-state index contributed by atoms with van der Waals surface area (Å²) in [6.45, 7) is 2.03. The summed E-state index contributed by atoms with van der Waals surface area (Å²) in [6.07, 6.45) is 1.76. The summed E-state index contributed by atoms with van der Waals surface area (Å²) < 4.78 is 17.6. The second-order valence-electron chi connectivity index (χ2n) is 5.91. The van der Waals surface area contributed by atoms with Crippen LogP contribution in [0.25, 0.3) is 28.7 Å². The Morgan fingerprint density at radius 1 is 0.963 bits per heavy atom. The Kier molecular flexibility index (Phi) is 4.29. The Morgan fingerprint density at radius 2 is 1.67 bits per heavy atom. The molecular weight excluding hydrogens is 346 g/mol. The predicted molar refractivity (Wildman–Crippen MR) is 97.9 cm³/mol. The van der Waals surface area contributed by atoms with Crippen LogP contribution in [0.3, 0.4) is 0 Å². The third-order valence-electron chi connectivity index (χ3n) is 4.05. The normalized spacial score (nSPS) is 10.8. The van der Waals surface area contributed by atoms with Crippen LogP contribution in [0, 0.1) is 6.92 Å². The highest BCUT2D eigenvalue weighted by molar-refractivity contribution is 5.61. The van der Waals surface area contributed by atoms with Crippen molar-refractivity contribution < 1.29 is 14.0 Å². The molecule has 4 aromatic rings. The van der Waals surface area contributed by atoms with Crippen LogP contribution in [-0.2, 0) is 0 Å². The lowest BCUT2D eigenvalue weighted by Crippen LogP contribution is -1.94.